The Balaban J connectivity index is 2.10. The quantitative estimate of drug-likeness (QED) is 0.249. The highest BCUT2D eigenvalue weighted by Gasteiger charge is 2.34. The van der Waals surface area contributed by atoms with Crippen molar-refractivity contribution >= 4 is 50.7 Å². The number of sulfonamides is 1. The first-order valence-corrected chi connectivity index (χ1v) is 15.6. The maximum absolute atomic E-state index is 14.2. The molecule has 1 atom stereocenters. The molecule has 0 unspecified atom stereocenters. The molecule has 0 aromatic heterocycles. The van der Waals surface area contributed by atoms with Gasteiger partial charge in [0.25, 0.3) is 10.0 Å². The number of nitrogens with zero attached hydrogens (tertiary/aromatic N) is 2. The monoisotopic (exact) mass is 635 g/mol. The number of nitrogens with one attached hydrogen (secondary N) is 1. The van der Waals surface area contributed by atoms with E-state index in [0.717, 1.165) is 4.31 Å². The van der Waals surface area contributed by atoms with Gasteiger partial charge in [0.15, 0.2) is 0 Å². The number of methoxy groups -OCH3 is 2. The number of carbonyl (C=O) groups excluding carboxylic acids is 2. The van der Waals surface area contributed by atoms with Crippen LogP contribution < -0.4 is 19.1 Å². The van der Waals surface area contributed by atoms with E-state index in [1.54, 1.807) is 49.4 Å². The first-order valence-electron chi connectivity index (χ1n) is 13.4. The second-order valence-corrected chi connectivity index (χ2v) is 12.0. The lowest BCUT2D eigenvalue weighted by molar-refractivity contribution is -0.140. The van der Waals surface area contributed by atoms with E-state index in [9.17, 15) is 18.0 Å². The van der Waals surface area contributed by atoms with Crippen molar-refractivity contribution in [2.45, 2.75) is 44.2 Å². The molecule has 9 nitrogen and oxygen atoms in total. The van der Waals surface area contributed by atoms with Crippen molar-refractivity contribution in [3.05, 3.63) is 82.3 Å². The Labute approximate surface area is 257 Å². The summed E-state index contributed by atoms with van der Waals surface area (Å²) in [5, 5.41) is 3.49. The summed E-state index contributed by atoms with van der Waals surface area (Å²) in [5.41, 5.74) is 0.795. The van der Waals surface area contributed by atoms with Crippen LogP contribution in [-0.2, 0) is 26.2 Å². The Hall–Kier alpha value is -3.47. The average molecular weight is 637 g/mol. The summed E-state index contributed by atoms with van der Waals surface area (Å²) in [6.07, 6.45) is 1.01. The van der Waals surface area contributed by atoms with Gasteiger partial charge >= 0.3 is 0 Å². The minimum Gasteiger partial charge on any atom is -0.497 e. The molecule has 0 spiro atoms. The van der Waals surface area contributed by atoms with Crippen LogP contribution in [0.4, 0.5) is 5.69 Å². The molecule has 3 rings (SSSR count). The van der Waals surface area contributed by atoms with Crippen molar-refractivity contribution in [2.24, 2.45) is 0 Å². The van der Waals surface area contributed by atoms with Crippen molar-refractivity contribution in [1.82, 2.24) is 10.2 Å². The number of anilines is 1. The molecule has 3 aromatic carbocycles. The summed E-state index contributed by atoms with van der Waals surface area (Å²) in [5.74, 6) is -0.200. The van der Waals surface area contributed by atoms with Crippen LogP contribution in [0, 0.1) is 0 Å². The minimum absolute atomic E-state index is 0.00385. The zero-order chi connectivity index (χ0) is 30.9. The lowest BCUT2D eigenvalue weighted by atomic mass is 10.1. The molecule has 0 aliphatic rings. The molecular formula is C30H35Cl2N3O6S. The van der Waals surface area contributed by atoms with Gasteiger partial charge in [0.2, 0.25) is 11.8 Å². The molecule has 0 heterocycles. The molecule has 0 saturated carbocycles. The summed E-state index contributed by atoms with van der Waals surface area (Å²) in [6, 6.07) is 16.4. The number of amides is 2. The largest absolute Gasteiger partial charge is 0.497 e. The van der Waals surface area contributed by atoms with Gasteiger partial charge in [0, 0.05) is 13.1 Å². The summed E-state index contributed by atoms with van der Waals surface area (Å²) >= 11 is 12.3. The fraction of sp³-hybridized carbons (Fsp3) is 0.333. The van der Waals surface area contributed by atoms with Crippen molar-refractivity contribution in [1.29, 1.82) is 0 Å². The summed E-state index contributed by atoms with van der Waals surface area (Å²) in [4.78, 5) is 28.7. The van der Waals surface area contributed by atoms with E-state index in [4.69, 9.17) is 32.7 Å². The van der Waals surface area contributed by atoms with E-state index in [0.29, 0.717) is 40.7 Å². The molecule has 12 heteroatoms. The number of hydrogen-bond donors (Lipinski definition) is 1. The van der Waals surface area contributed by atoms with Crippen LogP contribution in [0.2, 0.25) is 10.0 Å². The highest BCUT2D eigenvalue weighted by atomic mass is 35.5. The molecule has 226 valence electrons. The van der Waals surface area contributed by atoms with Crippen LogP contribution >= 0.6 is 23.2 Å². The highest BCUT2D eigenvalue weighted by molar-refractivity contribution is 7.92. The summed E-state index contributed by atoms with van der Waals surface area (Å²) in [6.45, 7) is 3.54. The molecule has 0 saturated heterocycles. The number of ether oxygens (including phenoxy) is 2. The van der Waals surface area contributed by atoms with E-state index >= 15 is 0 Å². The normalized spacial score (nSPS) is 11.9. The first kappa shape index (κ1) is 33.0. The SMILES string of the molecule is CCCNC(=O)[C@@H](CC)N(Cc1ccc(Cl)c(Cl)c1)C(=O)CN(c1ccccc1OC)S(=O)(=O)c1ccc(OC)cc1. The zero-order valence-electron chi connectivity index (χ0n) is 24.0. The average Bonchev–Trinajstić information content (AvgIpc) is 3.00. The number of halogens is 2. The molecule has 3 aromatic rings. The van der Waals surface area contributed by atoms with E-state index in [1.165, 1.54) is 43.4 Å². The Kier molecular flexibility index (Phi) is 11.9. The number of benzene rings is 3. The third-order valence-corrected chi connectivity index (χ3v) is 9.07. The van der Waals surface area contributed by atoms with Crippen molar-refractivity contribution in [3.63, 3.8) is 0 Å². The maximum atomic E-state index is 14.2. The van der Waals surface area contributed by atoms with Gasteiger partial charge in [-0.25, -0.2) is 8.42 Å². The highest BCUT2D eigenvalue weighted by Crippen LogP contribution is 2.33. The third-order valence-electron chi connectivity index (χ3n) is 6.55. The standard InChI is InChI=1S/C30H35Cl2N3O6S/c1-5-17-33-30(37)26(6-2)34(19-21-11-16-24(31)25(32)18-21)29(36)20-35(27-9-7-8-10-28(27)41-4)42(38,39)23-14-12-22(40-3)13-15-23/h7-16,18,26H,5-6,17,19-20H2,1-4H3,(H,33,37)/t26-/m1/s1. The third kappa shape index (κ3) is 7.87. The topological polar surface area (TPSA) is 105 Å². The van der Waals surface area contributed by atoms with Gasteiger partial charge in [-0.3, -0.25) is 13.9 Å². The van der Waals surface area contributed by atoms with Crippen LogP contribution in [0.3, 0.4) is 0 Å². The van der Waals surface area contributed by atoms with Crippen molar-refractivity contribution in [3.8, 4) is 11.5 Å². The van der Waals surface area contributed by atoms with Gasteiger partial charge < -0.3 is 19.7 Å². The molecule has 0 aliphatic heterocycles. The Morgan fingerprint density at radius 1 is 0.929 bits per heavy atom. The predicted octanol–water partition coefficient (Wildman–Crippen LogP) is 5.54. The second kappa shape index (κ2) is 15.1. The van der Waals surface area contributed by atoms with Gasteiger partial charge in [0.05, 0.1) is 34.8 Å². The van der Waals surface area contributed by atoms with Crippen LogP contribution in [-0.4, -0.2) is 58.5 Å². The minimum atomic E-state index is -4.28. The Morgan fingerprint density at radius 2 is 1.62 bits per heavy atom. The molecule has 0 radical (unpaired) electrons. The maximum Gasteiger partial charge on any atom is 0.264 e. The van der Waals surface area contributed by atoms with E-state index in [1.807, 2.05) is 6.92 Å². The van der Waals surface area contributed by atoms with Crippen LogP contribution in [0.15, 0.2) is 71.6 Å². The second-order valence-electron chi connectivity index (χ2n) is 9.34. The fourth-order valence-corrected chi connectivity index (χ4v) is 6.09. The lowest BCUT2D eigenvalue weighted by Gasteiger charge is -2.33. The smallest absolute Gasteiger partial charge is 0.264 e. The Bertz CT molecular complexity index is 1480. The molecule has 0 fully saturated rings. The van der Waals surface area contributed by atoms with E-state index < -0.39 is 28.5 Å². The lowest BCUT2D eigenvalue weighted by Crippen LogP contribution is -2.52. The van der Waals surface area contributed by atoms with Gasteiger partial charge in [-0.15, -0.1) is 0 Å². The van der Waals surface area contributed by atoms with Gasteiger partial charge in [0.1, 0.15) is 24.1 Å². The van der Waals surface area contributed by atoms with Crippen LogP contribution in [0.1, 0.15) is 32.3 Å². The summed E-state index contributed by atoms with van der Waals surface area (Å²) in [7, 11) is -1.39. The number of para-hydroxylation sites is 2. The molecule has 2 amide bonds. The molecule has 0 aliphatic carbocycles. The van der Waals surface area contributed by atoms with Gasteiger partial charge in [-0.2, -0.15) is 0 Å². The number of hydrogen-bond acceptors (Lipinski definition) is 6. The molecule has 0 bridgehead atoms. The van der Waals surface area contributed by atoms with Crippen molar-refractivity contribution in [2.75, 3.05) is 31.6 Å². The molecular weight excluding hydrogens is 601 g/mol. The van der Waals surface area contributed by atoms with Crippen LogP contribution in [0.25, 0.3) is 0 Å². The van der Waals surface area contributed by atoms with Crippen molar-refractivity contribution < 1.29 is 27.5 Å². The molecule has 1 N–H and O–H groups in total. The predicted molar refractivity (Wildman–Crippen MR) is 165 cm³/mol. The van der Waals surface area contributed by atoms with Gasteiger partial charge in [-0.05, 0) is 66.9 Å². The fourth-order valence-electron chi connectivity index (χ4n) is 4.34. The van der Waals surface area contributed by atoms with Crippen LogP contribution in [0.5, 0.6) is 11.5 Å². The zero-order valence-corrected chi connectivity index (χ0v) is 26.3. The first-order chi connectivity index (χ1) is 20.1. The summed E-state index contributed by atoms with van der Waals surface area (Å²) < 4.78 is 39.8. The number of rotatable bonds is 14. The number of carbonyl (C=O) groups is 2. The van der Waals surface area contributed by atoms with E-state index in [2.05, 4.69) is 5.32 Å². The van der Waals surface area contributed by atoms with E-state index in [-0.39, 0.29) is 28.8 Å². The van der Waals surface area contributed by atoms with Gasteiger partial charge in [-0.1, -0.05) is 55.2 Å². The molecule has 42 heavy (non-hydrogen) atoms. The Morgan fingerprint density at radius 3 is 2.21 bits per heavy atom.